The molecule has 0 aliphatic carbocycles. The molecule has 6 nitrogen and oxygen atoms in total. The number of halogens is 2. The molecule has 2 aromatic rings. The Balaban J connectivity index is 1.88. The number of hydrogen-bond acceptors (Lipinski definition) is 5. The maximum absolute atomic E-state index is 13.9. The quantitative estimate of drug-likeness (QED) is 0.808. The van der Waals surface area contributed by atoms with Crippen LogP contribution in [-0.4, -0.2) is 22.0 Å². The van der Waals surface area contributed by atoms with Crippen LogP contribution >= 0.6 is 23.4 Å². The van der Waals surface area contributed by atoms with Gasteiger partial charge >= 0.3 is 0 Å². The van der Waals surface area contributed by atoms with Gasteiger partial charge in [0, 0.05) is 30.0 Å². The van der Waals surface area contributed by atoms with E-state index in [0.29, 0.717) is 27.1 Å². The van der Waals surface area contributed by atoms with Gasteiger partial charge in [0.15, 0.2) is 5.17 Å². The Hall–Kier alpha value is -2.58. The van der Waals surface area contributed by atoms with Gasteiger partial charge in [-0.1, -0.05) is 41.6 Å². The lowest BCUT2D eigenvalue weighted by molar-refractivity contribution is -0.129. The fraction of sp³-hybridized carbons (Fsp3) is 0.211. The zero-order chi connectivity index (χ0) is 20.3. The third-order valence-electron chi connectivity index (χ3n) is 3.83. The number of carbonyl (C=O) groups excluding carboxylic acids is 2. The first-order valence-electron chi connectivity index (χ1n) is 8.33. The molecule has 0 unspecified atom stereocenters. The molecular weight excluding hydrogens is 405 g/mol. The summed E-state index contributed by atoms with van der Waals surface area (Å²) in [4.78, 5) is 23.4. The van der Waals surface area contributed by atoms with Crippen LogP contribution in [0.5, 0.6) is 5.75 Å². The molecule has 0 fully saturated rings. The number of nitrogens with zero attached hydrogens (tertiary/aromatic N) is 2. The largest absolute Gasteiger partial charge is 0.488 e. The number of ether oxygens (including phenoxy) is 1. The van der Waals surface area contributed by atoms with Crippen molar-refractivity contribution in [2.45, 2.75) is 25.8 Å². The Morgan fingerprint density at radius 2 is 2.04 bits per heavy atom. The van der Waals surface area contributed by atoms with Gasteiger partial charge in [-0.05, 0) is 24.3 Å². The summed E-state index contributed by atoms with van der Waals surface area (Å²) in [5, 5.41) is 8.16. The summed E-state index contributed by atoms with van der Waals surface area (Å²) in [5.74, 6) is -0.527. The summed E-state index contributed by atoms with van der Waals surface area (Å²) in [6.07, 6.45) is 0. The average molecular weight is 422 g/mol. The molecule has 1 aliphatic heterocycles. The first kappa shape index (κ1) is 20.2. The highest BCUT2D eigenvalue weighted by Crippen LogP contribution is 2.43. The minimum Gasteiger partial charge on any atom is -0.488 e. The summed E-state index contributed by atoms with van der Waals surface area (Å²) >= 11 is 7.34. The molecular formula is C19H17ClFN3O3S. The van der Waals surface area contributed by atoms with Crippen LogP contribution in [0.2, 0.25) is 5.02 Å². The van der Waals surface area contributed by atoms with E-state index < -0.39 is 5.37 Å². The third kappa shape index (κ3) is 4.63. The van der Waals surface area contributed by atoms with Crippen molar-refractivity contribution in [2.24, 2.45) is 5.10 Å². The Labute approximate surface area is 170 Å². The van der Waals surface area contributed by atoms with Crippen LogP contribution in [0.1, 0.15) is 30.3 Å². The Bertz CT molecular complexity index is 954. The van der Waals surface area contributed by atoms with E-state index in [0.717, 1.165) is 0 Å². The minimum atomic E-state index is -0.575. The summed E-state index contributed by atoms with van der Waals surface area (Å²) in [7, 11) is 0. The smallest absolute Gasteiger partial charge is 0.241 e. The molecule has 9 heteroatoms. The molecule has 2 aromatic carbocycles. The van der Waals surface area contributed by atoms with Gasteiger partial charge in [-0.2, -0.15) is 0 Å². The highest BCUT2D eigenvalue weighted by Gasteiger charge is 2.34. The molecule has 3 rings (SSSR count). The summed E-state index contributed by atoms with van der Waals surface area (Å²) in [6.45, 7) is 2.74. The van der Waals surface area contributed by atoms with E-state index in [1.54, 1.807) is 36.4 Å². The Kier molecular flexibility index (Phi) is 6.21. The van der Waals surface area contributed by atoms with Gasteiger partial charge in [-0.25, -0.2) is 9.40 Å². The second kappa shape index (κ2) is 8.62. The topological polar surface area (TPSA) is 71.0 Å². The number of rotatable bonds is 4. The van der Waals surface area contributed by atoms with Gasteiger partial charge in [0.2, 0.25) is 11.8 Å². The summed E-state index contributed by atoms with van der Waals surface area (Å²) in [5.41, 5.74) is 0.995. The number of nitrogens with one attached hydrogen (secondary N) is 1. The number of hydrogen-bond donors (Lipinski definition) is 1. The molecule has 1 N–H and O–H groups in total. The number of hydrazone groups is 1. The van der Waals surface area contributed by atoms with Crippen molar-refractivity contribution in [3.8, 4) is 5.75 Å². The first-order chi connectivity index (χ1) is 13.3. The van der Waals surface area contributed by atoms with Gasteiger partial charge in [-0.3, -0.25) is 9.59 Å². The van der Waals surface area contributed by atoms with E-state index in [1.807, 2.05) is 0 Å². The maximum Gasteiger partial charge on any atom is 0.241 e. The highest BCUT2D eigenvalue weighted by atomic mass is 35.5. The Morgan fingerprint density at radius 3 is 2.71 bits per heavy atom. The highest BCUT2D eigenvalue weighted by molar-refractivity contribution is 8.14. The van der Waals surface area contributed by atoms with Crippen LogP contribution in [0.15, 0.2) is 47.6 Å². The van der Waals surface area contributed by atoms with Crippen LogP contribution < -0.4 is 10.1 Å². The summed E-state index contributed by atoms with van der Waals surface area (Å²) in [6, 6.07) is 11.3. The molecule has 0 saturated heterocycles. The van der Waals surface area contributed by atoms with Crippen molar-refractivity contribution in [2.75, 3.05) is 0 Å². The second-order valence-corrected chi connectivity index (χ2v) is 7.49. The maximum atomic E-state index is 13.9. The van der Waals surface area contributed by atoms with Crippen molar-refractivity contribution in [3.05, 3.63) is 64.4 Å². The van der Waals surface area contributed by atoms with E-state index >= 15 is 0 Å². The lowest BCUT2D eigenvalue weighted by Gasteiger charge is -2.22. The normalized spacial score (nSPS) is 15.9. The molecule has 1 heterocycles. The van der Waals surface area contributed by atoms with Crippen molar-refractivity contribution in [1.82, 2.24) is 10.3 Å². The fourth-order valence-electron chi connectivity index (χ4n) is 2.58. The monoisotopic (exact) mass is 421 g/mol. The van der Waals surface area contributed by atoms with Crippen LogP contribution in [0.4, 0.5) is 4.39 Å². The van der Waals surface area contributed by atoms with Crippen LogP contribution in [0.25, 0.3) is 0 Å². The second-order valence-electron chi connectivity index (χ2n) is 5.98. The zero-order valence-electron chi connectivity index (χ0n) is 15.1. The molecule has 1 atom stereocenters. The third-order valence-corrected chi connectivity index (χ3v) is 5.15. The van der Waals surface area contributed by atoms with Crippen molar-refractivity contribution < 1.29 is 18.7 Å². The van der Waals surface area contributed by atoms with E-state index in [2.05, 4.69) is 10.4 Å². The number of amides is 2. The molecule has 146 valence electrons. The van der Waals surface area contributed by atoms with Crippen LogP contribution in [0.3, 0.4) is 0 Å². The number of carbonyl (C=O) groups is 2. The van der Waals surface area contributed by atoms with Crippen molar-refractivity contribution in [1.29, 1.82) is 0 Å². The molecule has 2 amide bonds. The first-order valence-corrected chi connectivity index (χ1v) is 9.59. The SMILES string of the molecule is CC(=O)NC1=NN(C(C)=O)[C@H](c2cc(Cl)ccc2OCc2ccccc2F)S1. The number of amidine groups is 1. The van der Waals surface area contributed by atoms with E-state index in [-0.39, 0.29) is 24.2 Å². The molecule has 0 spiro atoms. The van der Waals surface area contributed by atoms with E-state index in [9.17, 15) is 14.0 Å². The van der Waals surface area contributed by atoms with Crippen LogP contribution in [0, 0.1) is 5.82 Å². The molecule has 0 radical (unpaired) electrons. The Morgan fingerprint density at radius 1 is 1.29 bits per heavy atom. The molecule has 0 aromatic heterocycles. The van der Waals surface area contributed by atoms with E-state index in [4.69, 9.17) is 16.3 Å². The predicted molar refractivity (Wildman–Crippen MR) is 106 cm³/mol. The van der Waals surface area contributed by atoms with Gasteiger partial charge < -0.3 is 10.1 Å². The van der Waals surface area contributed by atoms with Crippen LogP contribution in [-0.2, 0) is 16.2 Å². The minimum absolute atomic E-state index is 0.0121. The molecule has 0 bridgehead atoms. The number of benzene rings is 2. The predicted octanol–water partition coefficient (Wildman–Crippen LogP) is 4.06. The molecule has 28 heavy (non-hydrogen) atoms. The lowest BCUT2D eigenvalue weighted by Crippen LogP contribution is -2.25. The standard InChI is InChI=1S/C19H17ClFN3O3S/c1-11(25)22-19-23-24(12(2)26)18(28-19)15-9-14(20)7-8-17(15)27-10-13-5-3-4-6-16(13)21/h3-9,18H,10H2,1-2H3,(H,22,23,25)/t18-/m0/s1. The number of thioether (sulfide) groups is 1. The van der Waals surface area contributed by atoms with Gasteiger partial charge in [0.05, 0.1) is 0 Å². The molecule has 0 saturated carbocycles. The molecule has 1 aliphatic rings. The zero-order valence-corrected chi connectivity index (χ0v) is 16.7. The fourth-order valence-corrected chi connectivity index (χ4v) is 3.92. The average Bonchev–Trinajstić information content (AvgIpc) is 3.05. The van der Waals surface area contributed by atoms with Gasteiger partial charge in [0.25, 0.3) is 0 Å². The van der Waals surface area contributed by atoms with Gasteiger partial charge in [-0.15, -0.1) is 5.10 Å². The van der Waals surface area contributed by atoms with Crippen molar-refractivity contribution >= 4 is 40.3 Å². The van der Waals surface area contributed by atoms with E-state index in [1.165, 1.54) is 36.7 Å². The lowest BCUT2D eigenvalue weighted by atomic mass is 10.2. The summed E-state index contributed by atoms with van der Waals surface area (Å²) < 4.78 is 19.7. The van der Waals surface area contributed by atoms with Gasteiger partial charge in [0.1, 0.15) is 23.5 Å². The van der Waals surface area contributed by atoms with Crippen molar-refractivity contribution in [3.63, 3.8) is 0 Å².